The number of nitrogens with zero attached hydrogens (tertiary/aromatic N) is 3. The summed E-state index contributed by atoms with van der Waals surface area (Å²) < 4.78 is 53.4. The number of benzene rings is 2. The van der Waals surface area contributed by atoms with Crippen LogP contribution >= 0.6 is 0 Å². The highest BCUT2D eigenvalue weighted by Crippen LogP contribution is 2.34. The largest absolute Gasteiger partial charge is 0.482 e. The molecule has 3 amide bonds. The number of hydrogen-bond acceptors (Lipinski definition) is 8. The number of anilines is 1. The third-order valence-electron chi connectivity index (χ3n) is 6.22. The fourth-order valence-corrected chi connectivity index (χ4v) is 5.71. The molecule has 0 aromatic heterocycles. The summed E-state index contributed by atoms with van der Waals surface area (Å²) in [4.78, 5) is 40.2. The molecule has 13 heteroatoms. The van der Waals surface area contributed by atoms with E-state index in [1.807, 2.05) is 0 Å². The lowest BCUT2D eigenvalue weighted by Crippen LogP contribution is -2.51. The summed E-state index contributed by atoms with van der Waals surface area (Å²) in [5.41, 5.74) is 0.779. The van der Waals surface area contributed by atoms with E-state index in [0.717, 1.165) is 6.26 Å². The van der Waals surface area contributed by atoms with Crippen molar-refractivity contribution in [2.45, 2.75) is 29.6 Å². The third-order valence-corrected chi connectivity index (χ3v) is 9.08. The predicted octanol–water partition coefficient (Wildman–Crippen LogP) is 0.828. The first kappa shape index (κ1) is 26.6. The van der Waals surface area contributed by atoms with Gasteiger partial charge in [-0.1, -0.05) is 19.1 Å². The van der Waals surface area contributed by atoms with Crippen LogP contribution in [0.5, 0.6) is 5.75 Å². The van der Waals surface area contributed by atoms with Crippen LogP contribution in [0.1, 0.15) is 18.9 Å². The van der Waals surface area contributed by atoms with Gasteiger partial charge in [0.05, 0.1) is 27.7 Å². The number of sulfone groups is 2. The summed E-state index contributed by atoms with van der Waals surface area (Å²) in [6.45, 7) is 1.42. The van der Waals surface area contributed by atoms with E-state index in [1.165, 1.54) is 52.2 Å². The van der Waals surface area contributed by atoms with Crippen molar-refractivity contribution in [2.75, 3.05) is 43.1 Å². The van der Waals surface area contributed by atoms with E-state index in [0.29, 0.717) is 18.5 Å². The molecule has 1 saturated heterocycles. The van der Waals surface area contributed by atoms with E-state index < -0.39 is 38.0 Å². The Hall–Kier alpha value is -3.45. The summed E-state index contributed by atoms with van der Waals surface area (Å²) in [6, 6.07) is 10.2. The third kappa shape index (κ3) is 5.62. The van der Waals surface area contributed by atoms with Crippen LogP contribution in [-0.4, -0.2) is 82.8 Å². The van der Waals surface area contributed by atoms with Crippen LogP contribution in [0.4, 0.5) is 5.69 Å². The molecule has 2 aliphatic rings. The van der Waals surface area contributed by atoms with E-state index in [1.54, 1.807) is 12.1 Å². The zero-order chi connectivity index (χ0) is 27.0. The van der Waals surface area contributed by atoms with Gasteiger partial charge in [0.2, 0.25) is 5.91 Å². The minimum Gasteiger partial charge on any atom is -0.482 e. The summed E-state index contributed by atoms with van der Waals surface area (Å²) in [6.07, 6.45) is 1.62. The van der Waals surface area contributed by atoms with Crippen LogP contribution in [0.15, 0.2) is 52.3 Å². The van der Waals surface area contributed by atoms with Crippen LogP contribution in [0.2, 0.25) is 0 Å². The Morgan fingerprint density at radius 2 is 1.54 bits per heavy atom. The van der Waals surface area contributed by atoms with Gasteiger partial charge in [-0.3, -0.25) is 24.3 Å². The van der Waals surface area contributed by atoms with Gasteiger partial charge in [0.1, 0.15) is 12.3 Å². The van der Waals surface area contributed by atoms with Crippen molar-refractivity contribution in [3.05, 3.63) is 48.0 Å². The van der Waals surface area contributed by atoms with Gasteiger partial charge < -0.3 is 4.74 Å². The van der Waals surface area contributed by atoms with Crippen LogP contribution in [0.3, 0.4) is 0 Å². The minimum atomic E-state index is -3.55. The molecule has 0 bridgehead atoms. The number of rotatable bonds is 7. The molecule has 0 spiro atoms. The number of amides is 3. The number of ether oxygens (including phenoxy) is 1. The first-order chi connectivity index (χ1) is 17.4. The van der Waals surface area contributed by atoms with Crippen LogP contribution in [0.25, 0.3) is 0 Å². The molecule has 0 radical (unpaired) electrons. The molecule has 0 unspecified atom stereocenters. The van der Waals surface area contributed by atoms with Gasteiger partial charge in [-0.25, -0.2) is 21.8 Å². The summed E-state index contributed by atoms with van der Waals surface area (Å²) in [5, 5.41) is 2.62. The highest BCUT2D eigenvalue weighted by molar-refractivity contribution is 7.91. The smallest absolute Gasteiger partial charge is 0.265 e. The minimum absolute atomic E-state index is 0.0179. The van der Waals surface area contributed by atoms with E-state index in [9.17, 15) is 31.2 Å². The monoisotopic (exact) mass is 549 g/mol. The Morgan fingerprint density at radius 3 is 2.16 bits per heavy atom. The normalized spacial score (nSPS) is 15.9. The number of hydrazine groups is 1. The predicted molar refractivity (Wildman–Crippen MR) is 133 cm³/mol. The maximum absolute atomic E-state index is 13.2. The lowest BCUT2D eigenvalue weighted by Gasteiger charge is -2.33. The number of hydrogen-bond donors (Lipinski definition) is 0. The molecule has 0 N–H and O–H groups in total. The van der Waals surface area contributed by atoms with Crippen molar-refractivity contribution in [1.82, 2.24) is 10.0 Å². The van der Waals surface area contributed by atoms with Crippen molar-refractivity contribution in [2.24, 2.45) is 0 Å². The highest BCUT2D eigenvalue weighted by Gasteiger charge is 2.35. The number of carbonyl (C=O) groups is 3. The quantitative estimate of drug-likeness (QED) is 0.495. The van der Waals surface area contributed by atoms with Crippen LogP contribution in [-0.2, 0) is 40.5 Å². The average molecular weight is 550 g/mol. The van der Waals surface area contributed by atoms with Gasteiger partial charge in [0.25, 0.3) is 11.8 Å². The molecule has 2 aromatic carbocycles. The Bertz CT molecular complexity index is 1450. The van der Waals surface area contributed by atoms with Crippen molar-refractivity contribution < 1.29 is 36.0 Å². The van der Waals surface area contributed by atoms with Crippen LogP contribution in [0, 0.1) is 0 Å². The first-order valence-corrected chi connectivity index (χ1v) is 15.1. The second-order valence-corrected chi connectivity index (χ2v) is 13.1. The van der Waals surface area contributed by atoms with Crippen molar-refractivity contribution in [1.29, 1.82) is 0 Å². The molecular weight excluding hydrogens is 522 g/mol. The lowest BCUT2D eigenvalue weighted by atomic mass is 10.1. The fourth-order valence-electron chi connectivity index (χ4n) is 4.18. The maximum Gasteiger partial charge on any atom is 0.265 e. The van der Waals surface area contributed by atoms with E-state index in [-0.39, 0.29) is 52.5 Å². The van der Waals surface area contributed by atoms with Crippen molar-refractivity contribution >= 4 is 43.1 Å². The van der Waals surface area contributed by atoms with Crippen molar-refractivity contribution in [3.63, 3.8) is 0 Å². The molecule has 0 aliphatic carbocycles. The Balaban J connectivity index is 1.50. The second kappa shape index (κ2) is 10.1. The van der Waals surface area contributed by atoms with E-state index in [4.69, 9.17) is 4.74 Å². The van der Waals surface area contributed by atoms with Gasteiger partial charge in [0, 0.05) is 19.3 Å². The zero-order valence-corrected chi connectivity index (χ0v) is 22.0. The Kier molecular flexibility index (Phi) is 7.29. The molecule has 0 saturated carbocycles. The second-order valence-electron chi connectivity index (χ2n) is 8.78. The van der Waals surface area contributed by atoms with Gasteiger partial charge >= 0.3 is 0 Å². The zero-order valence-electron chi connectivity index (χ0n) is 20.4. The summed E-state index contributed by atoms with van der Waals surface area (Å²) in [7, 11) is -6.91. The summed E-state index contributed by atoms with van der Waals surface area (Å²) >= 11 is 0. The molecule has 198 valence electrons. The number of carbonyl (C=O) groups excluding carboxylic acids is 3. The average Bonchev–Trinajstić information content (AvgIpc) is 3.35. The molecule has 2 aliphatic heterocycles. The van der Waals surface area contributed by atoms with Gasteiger partial charge in [-0.15, -0.1) is 0 Å². The summed E-state index contributed by atoms with van der Waals surface area (Å²) in [5.74, 6) is -1.18. The maximum atomic E-state index is 13.2. The molecule has 0 atom stereocenters. The van der Waals surface area contributed by atoms with Crippen molar-refractivity contribution in [3.8, 4) is 5.75 Å². The number of fused-ring (bicyclic) bond motifs is 1. The molecule has 4 rings (SSSR count). The molecule has 37 heavy (non-hydrogen) atoms. The first-order valence-electron chi connectivity index (χ1n) is 11.6. The SMILES string of the molecule is CCS(=O)(=O)c1ccc2c(c1)N(CC(=O)N1CCCN1C(=O)Cc1ccc(S(C)(=O)=O)cc1)C(=O)CO2. The Morgan fingerprint density at radius 1 is 0.919 bits per heavy atom. The molecule has 11 nitrogen and oxygen atoms in total. The Labute approximate surface area is 215 Å². The van der Waals surface area contributed by atoms with Gasteiger partial charge in [-0.05, 0) is 42.3 Å². The molecule has 2 heterocycles. The van der Waals surface area contributed by atoms with E-state index in [2.05, 4.69) is 0 Å². The topological polar surface area (TPSA) is 138 Å². The molecule has 1 fully saturated rings. The van der Waals surface area contributed by atoms with Gasteiger partial charge in [-0.2, -0.15) is 0 Å². The van der Waals surface area contributed by atoms with Crippen LogP contribution < -0.4 is 9.64 Å². The highest BCUT2D eigenvalue weighted by atomic mass is 32.2. The van der Waals surface area contributed by atoms with E-state index >= 15 is 0 Å². The lowest BCUT2D eigenvalue weighted by molar-refractivity contribution is -0.156. The standard InChI is InChI=1S/C24H27N3O8S2/c1-3-37(33,34)19-9-10-21-20(14-19)25(24(30)16-35-21)15-23(29)27-12-4-11-26(27)22(28)13-17-5-7-18(8-6-17)36(2,31)32/h5-10,14H,3-4,11-13,15-16H2,1-2H3. The van der Waals surface area contributed by atoms with Gasteiger partial charge in [0.15, 0.2) is 26.3 Å². The fraction of sp³-hybridized carbons (Fsp3) is 0.375. The molecule has 2 aromatic rings. The molecular formula is C24H27N3O8S2.